The van der Waals surface area contributed by atoms with Gasteiger partial charge in [-0.15, -0.1) is 0 Å². The number of carbonyl (C=O) groups excluding carboxylic acids is 1. The molecule has 0 aromatic carbocycles. The summed E-state index contributed by atoms with van der Waals surface area (Å²) in [5, 5.41) is 11.4. The Hall–Kier alpha value is -2.17. The fourth-order valence-corrected chi connectivity index (χ4v) is 1.38. The van der Waals surface area contributed by atoms with Gasteiger partial charge in [0.25, 0.3) is 5.91 Å². The molecule has 1 fully saturated rings. The van der Waals surface area contributed by atoms with Gasteiger partial charge in [-0.1, -0.05) is 6.07 Å². The summed E-state index contributed by atoms with van der Waals surface area (Å²) in [6.45, 7) is 0. The molecule has 1 aliphatic carbocycles. The van der Waals surface area contributed by atoms with Crippen molar-refractivity contribution in [2.24, 2.45) is 0 Å². The number of aliphatic carboxylic acids is 1. The van der Waals surface area contributed by atoms with Crippen molar-refractivity contribution in [3.05, 3.63) is 35.7 Å². The van der Waals surface area contributed by atoms with Crippen LogP contribution in [0.3, 0.4) is 0 Å². The van der Waals surface area contributed by atoms with Crippen molar-refractivity contribution in [3.8, 4) is 0 Å². The molecule has 1 amide bonds. The smallest absolute Gasteiger partial charge is 0.328 e. The van der Waals surface area contributed by atoms with E-state index in [1.54, 1.807) is 12.1 Å². The first kappa shape index (κ1) is 11.3. The van der Waals surface area contributed by atoms with Gasteiger partial charge in [-0.05, 0) is 25.0 Å². The monoisotopic (exact) mass is 232 g/mol. The summed E-state index contributed by atoms with van der Waals surface area (Å²) in [7, 11) is 0. The molecule has 1 aliphatic rings. The van der Waals surface area contributed by atoms with E-state index in [0.717, 1.165) is 18.9 Å². The van der Waals surface area contributed by atoms with Crippen LogP contribution in [0.5, 0.6) is 0 Å². The van der Waals surface area contributed by atoms with Crippen LogP contribution in [-0.2, 0) is 4.79 Å². The number of nitrogens with one attached hydrogen (secondary N) is 1. The summed E-state index contributed by atoms with van der Waals surface area (Å²) in [6, 6.07) is 3.57. The molecule has 2 N–H and O–H groups in total. The molecule has 0 radical (unpaired) electrons. The summed E-state index contributed by atoms with van der Waals surface area (Å²) >= 11 is 0. The lowest BCUT2D eigenvalue weighted by Gasteiger charge is -2.05. The van der Waals surface area contributed by atoms with E-state index in [2.05, 4.69) is 10.3 Å². The van der Waals surface area contributed by atoms with Crippen LogP contribution in [0.1, 0.15) is 28.9 Å². The maximum Gasteiger partial charge on any atom is 0.328 e. The predicted octanol–water partition coefficient (Wildman–Crippen LogP) is 1.07. The Morgan fingerprint density at radius 2 is 2.24 bits per heavy atom. The minimum absolute atomic E-state index is 0.251. The van der Waals surface area contributed by atoms with Crippen molar-refractivity contribution in [1.82, 2.24) is 10.3 Å². The van der Waals surface area contributed by atoms with Crippen LogP contribution in [0.25, 0.3) is 6.08 Å². The van der Waals surface area contributed by atoms with Crippen molar-refractivity contribution < 1.29 is 14.7 Å². The number of nitrogens with zero attached hydrogens (tertiary/aromatic N) is 1. The Bertz CT molecular complexity index is 478. The highest BCUT2D eigenvalue weighted by Gasteiger charge is 2.24. The fourth-order valence-electron chi connectivity index (χ4n) is 1.38. The normalized spacial score (nSPS) is 14.8. The maximum atomic E-state index is 11.8. The van der Waals surface area contributed by atoms with Gasteiger partial charge in [0.15, 0.2) is 0 Å². The molecule has 5 heteroatoms. The SMILES string of the molecule is O=C(O)/C=C/c1cccnc1C(=O)NC1CC1. The van der Waals surface area contributed by atoms with Crippen molar-refractivity contribution in [2.75, 3.05) is 0 Å². The van der Waals surface area contributed by atoms with Gasteiger partial charge in [0.2, 0.25) is 0 Å². The van der Waals surface area contributed by atoms with Crippen LogP contribution in [0.4, 0.5) is 0 Å². The fraction of sp³-hybridized carbons (Fsp3) is 0.250. The largest absolute Gasteiger partial charge is 0.478 e. The lowest BCUT2D eigenvalue weighted by molar-refractivity contribution is -0.131. The lowest BCUT2D eigenvalue weighted by atomic mass is 10.1. The first-order valence-electron chi connectivity index (χ1n) is 5.33. The van der Waals surface area contributed by atoms with Gasteiger partial charge in [0, 0.05) is 23.9 Å². The average molecular weight is 232 g/mol. The van der Waals surface area contributed by atoms with Crippen LogP contribution in [-0.4, -0.2) is 28.0 Å². The predicted molar refractivity (Wildman–Crippen MR) is 61.4 cm³/mol. The number of hydrogen-bond donors (Lipinski definition) is 2. The number of hydrogen-bond acceptors (Lipinski definition) is 3. The number of rotatable bonds is 4. The molecule has 2 rings (SSSR count). The zero-order valence-electron chi connectivity index (χ0n) is 9.09. The van der Waals surface area contributed by atoms with E-state index in [1.807, 2.05) is 0 Å². The Morgan fingerprint density at radius 1 is 1.47 bits per heavy atom. The van der Waals surface area contributed by atoms with Crippen molar-refractivity contribution in [3.63, 3.8) is 0 Å². The number of carboxylic acids is 1. The number of carboxylic acid groups (broad SMARTS) is 1. The quantitative estimate of drug-likeness (QED) is 0.761. The van der Waals surface area contributed by atoms with Crippen LogP contribution in [0, 0.1) is 0 Å². The van der Waals surface area contributed by atoms with E-state index in [0.29, 0.717) is 5.56 Å². The standard InChI is InChI=1S/C12H12N2O3/c15-10(16)6-3-8-2-1-7-13-11(8)12(17)14-9-4-5-9/h1-3,6-7,9H,4-5H2,(H,14,17)(H,15,16)/b6-3+. The number of aromatic nitrogens is 1. The summed E-state index contributed by atoms with van der Waals surface area (Å²) in [5.41, 5.74) is 0.768. The van der Waals surface area contributed by atoms with Gasteiger partial charge in [-0.3, -0.25) is 9.78 Å². The summed E-state index contributed by atoms with van der Waals surface area (Å²) in [5.74, 6) is -1.31. The minimum atomic E-state index is -1.05. The number of amides is 1. The molecule has 0 saturated heterocycles. The van der Waals surface area contributed by atoms with Crippen LogP contribution < -0.4 is 5.32 Å². The summed E-state index contributed by atoms with van der Waals surface area (Å²) in [6.07, 6.45) is 5.87. The lowest BCUT2D eigenvalue weighted by Crippen LogP contribution is -2.27. The van der Waals surface area contributed by atoms with E-state index < -0.39 is 5.97 Å². The van der Waals surface area contributed by atoms with Crippen molar-refractivity contribution in [2.45, 2.75) is 18.9 Å². The van der Waals surface area contributed by atoms with E-state index in [-0.39, 0.29) is 17.6 Å². The maximum absolute atomic E-state index is 11.8. The molecule has 0 unspecified atom stereocenters. The molecule has 0 atom stereocenters. The van der Waals surface area contributed by atoms with E-state index in [1.165, 1.54) is 12.3 Å². The highest BCUT2D eigenvalue weighted by Crippen LogP contribution is 2.19. The molecule has 1 aromatic heterocycles. The summed E-state index contributed by atoms with van der Waals surface area (Å²) in [4.78, 5) is 26.2. The Kier molecular flexibility index (Phi) is 3.18. The molecular formula is C12H12N2O3. The molecule has 88 valence electrons. The van der Waals surface area contributed by atoms with Crippen molar-refractivity contribution >= 4 is 18.0 Å². The third kappa shape index (κ3) is 3.14. The second kappa shape index (κ2) is 4.78. The van der Waals surface area contributed by atoms with E-state index in [4.69, 9.17) is 5.11 Å². The number of pyridine rings is 1. The van der Waals surface area contributed by atoms with Crippen LogP contribution >= 0.6 is 0 Å². The van der Waals surface area contributed by atoms with Crippen molar-refractivity contribution in [1.29, 1.82) is 0 Å². The Morgan fingerprint density at radius 3 is 2.88 bits per heavy atom. The topological polar surface area (TPSA) is 79.3 Å². The zero-order chi connectivity index (χ0) is 12.3. The third-order valence-corrected chi connectivity index (χ3v) is 2.37. The molecule has 17 heavy (non-hydrogen) atoms. The van der Waals surface area contributed by atoms with Crippen LogP contribution in [0.2, 0.25) is 0 Å². The number of carbonyl (C=O) groups is 2. The van der Waals surface area contributed by atoms with Gasteiger partial charge >= 0.3 is 5.97 Å². The highest BCUT2D eigenvalue weighted by atomic mass is 16.4. The average Bonchev–Trinajstić information content (AvgIpc) is 3.10. The van der Waals surface area contributed by atoms with Gasteiger partial charge < -0.3 is 10.4 Å². The molecule has 1 aromatic rings. The second-order valence-corrected chi connectivity index (χ2v) is 3.86. The van der Waals surface area contributed by atoms with E-state index in [9.17, 15) is 9.59 Å². The van der Waals surface area contributed by atoms with E-state index >= 15 is 0 Å². The molecule has 1 saturated carbocycles. The molecule has 1 heterocycles. The van der Waals surface area contributed by atoms with Gasteiger partial charge in [0.1, 0.15) is 5.69 Å². The molecule has 0 spiro atoms. The first-order valence-corrected chi connectivity index (χ1v) is 5.33. The Labute approximate surface area is 98.2 Å². The van der Waals surface area contributed by atoms with Gasteiger partial charge in [-0.2, -0.15) is 0 Å². The second-order valence-electron chi connectivity index (χ2n) is 3.86. The highest BCUT2D eigenvalue weighted by molar-refractivity contribution is 5.97. The Balaban J connectivity index is 2.19. The van der Waals surface area contributed by atoms with Gasteiger partial charge in [-0.25, -0.2) is 4.79 Å². The minimum Gasteiger partial charge on any atom is -0.478 e. The van der Waals surface area contributed by atoms with Crippen LogP contribution in [0.15, 0.2) is 24.4 Å². The molecule has 5 nitrogen and oxygen atoms in total. The first-order chi connectivity index (χ1) is 8.16. The molecular weight excluding hydrogens is 220 g/mol. The third-order valence-electron chi connectivity index (χ3n) is 2.37. The molecule has 0 bridgehead atoms. The van der Waals surface area contributed by atoms with Gasteiger partial charge in [0.05, 0.1) is 0 Å². The summed E-state index contributed by atoms with van der Waals surface area (Å²) < 4.78 is 0. The molecule has 0 aliphatic heterocycles. The zero-order valence-corrected chi connectivity index (χ0v) is 9.09.